The molecule has 0 heterocycles. The van der Waals surface area contributed by atoms with E-state index in [2.05, 4.69) is 104 Å². The Balaban J connectivity index is 0.00000210. The second-order valence-corrected chi connectivity index (χ2v) is 10.8. The Labute approximate surface area is 174 Å². The molecule has 0 unspecified atom stereocenters. The van der Waals surface area contributed by atoms with Gasteiger partial charge in [-0.2, -0.15) is 0 Å². The number of halogens is 1. The van der Waals surface area contributed by atoms with Gasteiger partial charge >= 0.3 is 0 Å². The summed E-state index contributed by atoms with van der Waals surface area (Å²) in [6, 6.07) is 33.5. The largest absolute Gasteiger partial charge is 1.00 e. The molecule has 4 rings (SSSR count). The molecule has 0 atom stereocenters. The summed E-state index contributed by atoms with van der Waals surface area (Å²) in [5.74, 6) is 0.833. The summed E-state index contributed by atoms with van der Waals surface area (Å²) in [4.78, 5) is 0. The van der Waals surface area contributed by atoms with Gasteiger partial charge in [0.2, 0.25) is 0 Å². The van der Waals surface area contributed by atoms with Gasteiger partial charge in [0.1, 0.15) is 23.2 Å². The van der Waals surface area contributed by atoms with Crippen molar-refractivity contribution in [1.29, 1.82) is 0 Å². The molecule has 2 heteroatoms. The van der Waals surface area contributed by atoms with E-state index in [-0.39, 0.29) is 17.0 Å². The molecule has 0 nitrogen and oxygen atoms in total. The fourth-order valence-electron chi connectivity index (χ4n) is 3.80. The third-order valence-corrected chi connectivity index (χ3v) is 9.77. The number of hydrogen-bond acceptors (Lipinski definition) is 0. The molecule has 27 heavy (non-hydrogen) atoms. The van der Waals surface area contributed by atoms with Gasteiger partial charge in [0.25, 0.3) is 0 Å². The van der Waals surface area contributed by atoms with Crippen molar-refractivity contribution < 1.29 is 17.0 Å². The van der Waals surface area contributed by atoms with Crippen molar-refractivity contribution in [2.45, 2.75) is 19.8 Å². The highest BCUT2D eigenvalue weighted by Crippen LogP contribution is 2.55. The summed E-state index contributed by atoms with van der Waals surface area (Å²) < 4.78 is 0. The molecule has 0 saturated heterocycles. The third kappa shape index (κ3) is 4.26. The zero-order valence-electron chi connectivity index (χ0n) is 15.8. The first kappa shape index (κ1) is 20.1. The number of rotatable bonds is 6. The number of hydrogen-bond donors (Lipinski definition) is 0. The van der Waals surface area contributed by atoms with Crippen LogP contribution < -0.4 is 32.9 Å². The summed E-state index contributed by atoms with van der Waals surface area (Å²) in [5.41, 5.74) is 1.58. The minimum absolute atomic E-state index is 0. The second-order valence-electron chi connectivity index (χ2n) is 7.22. The molecular formula is C25H26BrP. The standard InChI is InChI=1S/C25H26P.BrH/c1-21(22-17-18-22)19-20-26(23-11-5-2-6-12-23,24-13-7-3-8-14-24)25-15-9-4-10-16-25;/h2-16,19,22H,17-18,20H2,1H3;1H/q+1;/p-1. The third-order valence-electron chi connectivity index (χ3n) is 5.50. The summed E-state index contributed by atoms with van der Waals surface area (Å²) in [6.45, 7) is 2.33. The van der Waals surface area contributed by atoms with Crippen molar-refractivity contribution >= 4 is 23.2 Å². The van der Waals surface area contributed by atoms with Gasteiger partial charge < -0.3 is 17.0 Å². The van der Waals surface area contributed by atoms with Crippen molar-refractivity contribution in [1.82, 2.24) is 0 Å². The van der Waals surface area contributed by atoms with Gasteiger partial charge in [-0.05, 0) is 68.2 Å². The molecule has 138 valence electrons. The lowest BCUT2D eigenvalue weighted by Gasteiger charge is -2.27. The lowest BCUT2D eigenvalue weighted by Crippen LogP contribution is -3.00. The van der Waals surface area contributed by atoms with Crippen LogP contribution in [-0.2, 0) is 0 Å². The van der Waals surface area contributed by atoms with E-state index in [1.807, 2.05) is 0 Å². The zero-order chi connectivity index (χ0) is 17.8. The van der Waals surface area contributed by atoms with E-state index < -0.39 is 7.26 Å². The van der Waals surface area contributed by atoms with E-state index in [9.17, 15) is 0 Å². The van der Waals surface area contributed by atoms with Gasteiger partial charge in [-0.1, -0.05) is 60.2 Å². The first-order chi connectivity index (χ1) is 12.8. The smallest absolute Gasteiger partial charge is 0.115 e. The van der Waals surface area contributed by atoms with E-state index in [4.69, 9.17) is 0 Å². The van der Waals surface area contributed by atoms with Crippen LogP contribution >= 0.6 is 7.26 Å². The molecule has 0 amide bonds. The summed E-state index contributed by atoms with van der Waals surface area (Å²) >= 11 is 0. The van der Waals surface area contributed by atoms with Gasteiger partial charge in [-0.25, -0.2) is 0 Å². The Kier molecular flexibility index (Phi) is 6.68. The van der Waals surface area contributed by atoms with Crippen molar-refractivity contribution in [3.05, 3.63) is 103 Å². The van der Waals surface area contributed by atoms with Crippen LogP contribution in [0.3, 0.4) is 0 Å². The van der Waals surface area contributed by atoms with Crippen LogP contribution in [0.4, 0.5) is 0 Å². The van der Waals surface area contributed by atoms with Crippen LogP contribution in [0.5, 0.6) is 0 Å². The summed E-state index contributed by atoms with van der Waals surface area (Å²) in [6.07, 6.45) is 6.39. The van der Waals surface area contributed by atoms with E-state index >= 15 is 0 Å². The zero-order valence-corrected chi connectivity index (χ0v) is 18.2. The number of benzene rings is 3. The maximum absolute atomic E-state index is 2.54. The lowest BCUT2D eigenvalue weighted by atomic mass is 10.2. The predicted molar refractivity (Wildman–Crippen MR) is 116 cm³/mol. The molecule has 0 aliphatic heterocycles. The van der Waals surface area contributed by atoms with Crippen LogP contribution in [0.25, 0.3) is 0 Å². The highest BCUT2D eigenvalue weighted by atomic mass is 79.9. The van der Waals surface area contributed by atoms with Crippen LogP contribution in [0, 0.1) is 5.92 Å². The average Bonchev–Trinajstić information content (AvgIpc) is 3.56. The first-order valence-corrected chi connectivity index (χ1v) is 11.5. The number of allylic oxidation sites excluding steroid dienone is 2. The van der Waals surface area contributed by atoms with Gasteiger partial charge in [-0.15, -0.1) is 0 Å². The fraction of sp³-hybridized carbons (Fsp3) is 0.200. The van der Waals surface area contributed by atoms with E-state index in [0.717, 1.165) is 12.1 Å². The molecule has 1 aliphatic carbocycles. The Hall–Kier alpha value is -1.69. The van der Waals surface area contributed by atoms with Crippen LogP contribution in [0.1, 0.15) is 19.8 Å². The van der Waals surface area contributed by atoms with E-state index in [1.54, 1.807) is 5.57 Å². The summed E-state index contributed by atoms with van der Waals surface area (Å²) in [7, 11) is -1.70. The van der Waals surface area contributed by atoms with Crippen molar-refractivity contribution in [2.24, 2.45) is 5.92 Å². The Morgan fingerprint density at radius 3 is 1.44 bits per heavy atom. The molecular weight excluding hydrogens is 411 g/mol. The molecule has 1 aliphatic rings. The second kappa shape index (κ2) is 9.00. The Bertz CT molecular complexity index is 771. The minimum Gasteiger partial charge on any atom is -1.00 e. The molecule has 1 saturated carbocycles. The molecule has 0 radical (unpaired) electrons. The average molecular weight is 437 g/mol. The van der Waals surface area contributed by atoms with Crippen LogP contribution in [-0.4, -0.2) is 6.16 Å². The minimum atomic E-state index is -1.70. The molecule has 1 fully saturated rings. The molecule has 3 aromatic rings. The van der Waals surface area contributed by atoms with Gasteiger partial charge in [-0.3, -0.25) is 0 Å². The maximum Gasteiger partial charge on any atom is 0.115 e. The van der Waals surface area contributed by atoms with Gasteiger partial charge in [0.05, 0.1) is 6.16 Å². The van der Waals surface area contributed by atoms with Crippen molar-refractivity contribution in [3.8, 4) is 0 Å². The normalized spacial score (nSPS) is 14.5. The monoisotopic (exact) mass is 436 g/mol. The molecule has 3 aromatic carbocycles. The molecule has 0 spiro atoms. The highest BCUT2D eigenvalue weighted by molar-refractivity contribution is 7.95. The first-order valence-electron chi connectivity index (χ1n) is 9.52. The predicted octanol–water partition coefficient (Wildman–Crippen LogP) is 2.34. The Morgan fingerprint density at radius 1 is 0.741 bits per heavy atom. The SMILES string of the molecule is CC(=CC[P+](c1ccccc1)(c1ccccc1)c1ccccc1)C1CC1.[Br-]. The van der Waals surface area contributed by atoms with Gasteiger partial charge in [0, 0.05) is 0 Å². The molecule has 0 bridgehead atoms. The van der Waals surface area contributed by atoms with Crippen molar-refractivity contribution in [3.63, 3.8) is 0 Å². The lowest BCUT2D eigenvalue weighted by molar-refractivity contribution is -0.00000511. The molecule has 0 N–H and O–H groups in total. The fourth-order valence-corrected chi connectivity index (χ4v) is 7.93. The summed E-state index contributed by atoms with van der Waals surface area (Å²) in [5, 5.41) is 4.41. The van der Waals surface area contributed by atoms with Crippen LogP contribution in [0.2, 0.25) is 0 Å². The maximum atomic E-state index is 2.54. The van der Waals surface area contributed by atoms with Gasteiger partial charge in [0.15, 0.2) is 0 Å². The quantitative estimate of drug-likeness (QED) is 0.411. The Morgan fingerprint density at radius 2 is 1.11 bits per heavy atom. The van der Waals surface area contributed by atoms with E-state index in [0.29, 0.717) is 0 Å². The highest BCUT2D eigenvalue weighted by Gasteiger charge is 2.44. The topological polar surface area (TPSA) is 0 Å². The van der Waals surface area contributed by atoms with Crippen molar-refractivity contribution in [2.75, 3.05) is 6.16 Å². The van der Waals surface area contributed by atoms with E-state index in [1.165, 1.54) is 28.8 Å². The van der Waals surface area contributed by atoms with Crippen LogP contribution in [0.15, 0.2) is 103 Å². The molecule has 0 aromatic heterocycles.